The standard InChI is InChI=1S/C4H10O10P2/c1-2-12-3(5)4(13-15(6,7)8)14-16(9,10)11/h4H,2H2,1H3,(H2,6,7,8)(H2,9,10,11). The topological polar surface area (TPSA) is 160 Å². The van der Waals surface area contributed by atoms with E-state index >= 15 is 0 Å². The third-order valence-corrected chi connectivity index (χ3v) is 1.88. The number of carbonyl (C=O) groups is 1. The SMILES string of the molecule is CCOC(=O)C(OP(=O)(O)O)OP(=O)(O)O. The van der Waals surface area contributed by atoms with E-state index in [1.807, 2.05) is 0 Å². The molecule has 0 rings (SSSR count). The van der Waals surface area contributed by atoms with E-state index in [9.17, 15) is 13.9 Å². The lowest BCUT2D eigenvalue weighted by atomic mass is 10.6. The van der Waals surface area contributed by atoms with Gasteiger partial charge in [0.15, 0.2) is 0 Å². The first-order valence-electron chi connectivity index (χ1n) is 3.69. The molecule has 0 saturated heterocycles. The molecule has 0 amide bonds. The molecule has 96 valence electrons. The number of rotatable bonds is 6. The molecule has 0 aromatic rings. The predicted octanol–water partition coefficient (Wildman–Crippen LogP) is -0.906. The van der Waals surface area contributed by atoms with Crippen molar-refractivity contribution in [2.24, 2.45) is 0 Å². The second-order valence-electron chi connectivity index (χ2n) is 2.28. The van der Waals surface area contributed by atoms with Crippen molar-refractivity contribution in [3.63, 3.8) is 0 Å². The van der Waals surface area contributed by atoms with Crippen LogP contribution in [-0.2, 0) is 27.7 Å². The molecule has 10 nitrogen and oxygen atoms in total. The lowest BCUT2D eigenvalue weighted by molar-refractivity contribution is -0.168. The van der Waals surface area contributed by atoms with Crippen LogP contribution in [0.3, 0.4) is 0 Å². The van der Waals surface area contributed by atoms with Crippen molar-refractivity contribution in [2.75, 3.05) is 6.61 Å². The molecule has 0 heterocycles. The highest BCUT2D eigenvalue weighted by Gasteiger charge is 2.35. The van der Waals surface area contributed by atoms with Crippen LogP contribution in [0.5, 0.6) is 0 Å². The Balaban J connectivity index is 4.71. The van der Waals surface area contributed by atoms with Crippen molar-refractivity contribution >= 4 is 21.6 Å². The van der Waals surface area contributed by atoms with Crippen LogP contribution >= 0.6 is 15.6 Å². The molecule has 0 aliphatic rings. The summed E-state index contributed by atoms with van der Waals surface area (Å²) >= 11 is 0. The van der Waals surface area contributed by atoms with Crippen LogP contribution < -0.4 is 0 Å². The number of phosphoric ester groups is 2. The number of phosphoric acid groups is 2. The second-order valence-corrected chi connectivity index (χ2v) is 4.66. The minimum atomic E-state index is -5.15. The summed E-state index contributed by atoms with van der Waals surface area (Å²) < 4.78 is 32.4. The summed E-state index contributed by atoms with van der Waals surface area (Å²) in [6, 6.07) is 0. The van der Waals surface area contributed by atoms with Gasteiger partial charge in [-0.1, -0.05) is 0 Å². The molecule has 0 aromatic heterocycles. The predicted molar refractivity (Wildman–Crippen MR) is 46.7 cm³/mol. The zero-order chi connectivity index (χ0) is 13.0. The summed E-state index contributed by atoms with van der Waals surface area (Å²) in [5, 5.41) is 0. The van der Waals surface area contributed by atoms with Gasteiger partial charge in [0, 0.05) is 0 Å². The first kappa shape index (κ1) is 15.7. The van der Waals surface area contributed by atoms with Crippen LogP contribution in [0.1, 0.15) is 6.92 Å². The van der Waals surface area contributed by atoms with E-state index in [2.05, 4.69) is 13.8 Å². The van der Waals surface area contributed by atoms with Gasteiger partial charge < -0.3 is 24.3 Å². The van der Waals surface area contributed by atoms with Gasteiger partial charge in [-0.15, -0.1) is 0 Å². The van der Waals surface area contributed by atoms with Crippen molar-refractivity contribution in [3.8, 4) is 0 Å². The van der Waals surface area contributed by atoms with Crippen LogP contribution in [-0.4, -0.2) is 38.4 Å². The van der Waals surface area contributed by atoms with Gasteiger partial charge in [-0.05, 0) is 6.92 Å². The quantitative estimate of drug-likeness (QED) is 0.272. The minimum Gasteiger partial charge on any atom is -0.462 e. The van der Waals surface area contributed by atoms with Crippen molar-refractivity contribution in [2.45, 2.75) is 13.2 Å². The van der Waals surface area contributed by atoms with Crippen LogP contribution in [0.2, 0.25) is 0 Å². The summed E-state index contributed by atoms with van der Waals surface area (Å²) in [4.78, 5) is 44.3. The van der Waals surface area contributed by atoms with Crippen molar-refractivity contribution in [1.29, 1.82) is 0 Å². The molecule has 4 N–H and O–H groups in total. The maximum atomic E-state index is 10.9. The molecule has 0 unspecified atom stereocenters. The highest BCUT2D eigenvalue weighted by atomic mass is 31.2. The molecular weight excluding hydrogens is 270 g/mol. The van der Waals surface area contributed by atoms with Crippen LogP contribution in [0.15, 0.2) is 0 Å². The average Bonchev–Trinajstić information content (AvgIpc) is 1.97. The number of esters is 1. The molecule has 0 aromatic carbocycles. The minimum absolute atomic E-state index is 0.190. The van der Waals surface area contributed by atoms with Gasteiger partial charge in [-0.2, -0.15) is 0 Å². The first-order valence-corrected chi connectivity index (χ1v) is 6.76. The maximum Gasteiger partial charge on any atom is 0.472 e. The van der Waals surface area contributed by atoms with Gasteiger partial charge in [0.25, 0.3) is 6.29 Å². The molecule has 12 heteroatoms. The molecule has 0 atom stereocenters. The van der Waals surface area contributed by atoms with Gasteiger partial charge in [0.05, 0.1) is 6.61 Å². The highest BCUT2D eigenvalue weighted by Crippen LogP contribution is 2.44. The van der Waals surface area contributed by atoms with Gasteiger partial charge in [-0.25, -0.2) is 23.0 Å². The number of carbonyl (C=O) groups excluding carboxylic acids is 1. The zero-order valence-corrected chi connectivity index (χ0v) is 9.71. The van der Waals surface area contributed by atoms with E-state index in [4.69, 9.17) is 19.6 Å². The van der Waals surface area contributed by atoms with E-state index in [0.717, 1.165) is 0 Å². The number of hydrogen-bond acceptors (Lipinski definition) is 6. The molecule has 0 bridgehead atoms. The Hall–Kier alpha value is -0.310. The molecular formula is C4H10O10P2. The molecule has 0 aliphatic carbocycles. The Morgan fingerprint density at radius 2 is 1.50 bits per heavy atom. The van der Waals surface area contributed by atoms with Crippen LogP contribution in [0, 0.1) is 0 Å². The normalized spacial score (nSPS) is 12.9. The Bertz CT molecular complexity index is 302. The second kappa shape index (κ2) is 5.85. The third kappa shape index (κ3) is 7.91. The van der Waals surface area contributed by atoms with Crippen molar-refractivity contribution in [3.05, 3.63) is 0 Å². The lowest BCUT2D eigenvalue weighted by Crippen LogP contribution is -2.27. The number of ether oxygens (including phenoxy) is 1. The average molecular weight is 280 g/mol. The van der Waals surface area contributed by atoms with Crippen molar-refractivity contribution in [1.82, 2.24) is 0 Å². The molecule has 0 spiro atoms. The summed E-state index contributed by atoms with van der Waals surface area (Å²) in [6.07, 6.45) is -2.50. The Morgan fingerprint density at radius 3 is 1.75 bits per heavy atom. The van der Waals surface area contributed by atoms with Gasteiger partial charge in [0.2, 0.25) is 0 Å². The third-order valence-electron chi connectivity index (χ3n) is 0.945. The smallest absolute Gasteiger partial charge is 0.462 e. The lowest BCUT2D eigenvalue weighted by Gasteiger charge is -2.17. The van der Waals surface area contributed by atoms with Crippen molar-refractivity contribution < 1.29 is 47.3 Å². The fourth-order valence-electron chi connectivity index (χ4n) is 0.565. The van der Waals surface area contributed by atoms with Gasteiger partial charge in [0.1, 0.15) is 0 Å². The molecule has 0 radical (unpaired) electrons. The van der Waals surface area contributed by atoms with Gasteiger partial charge >= 0.3 is 21.6 Å². The molecule has 0 fully saturated rings. The molecule has 16 heavy (non-hydrogen) atoms. The summed E-state index contributed by atoms with van der Waals surface area (Å²) in [5.41, 5.74) is 0. The van der Waals surface area contributed by atoms with Crippen LogP contribution in [0.4, 0.5) is 0 Å². The highest BCUT2D eigenvalue weighted by molar-refractivity contribution is 7.47. The van der Waals surface area contributed by atoms with Crippen LogP contribution in [0.25, 0.3) is 0 Å². The zero-order valence-electron chi connectivity index (χ0n) is 7.92. The molecule has 0 saturated carbocycles. The largest absolute Gasteiger partial charge is 0.472 e. The monoisotopic (exact) mass is 280 g/mol. The molecule has 0 aliphatic heterocycles. The summed E-state index contributed by atoms with van der Waals surface area (Å²) in [5.74, 6) is -1.46. The Kier molecular flexibility index (Phi) is 5.74. The summed E-state index contributed by atoms with van der Waals surface area (Å²) in [7, 11) is -10.3. The Morgan fingerprint density at radius 1 is 1.12 bits per heavy atom. The van der Waals surface area contributed by atoms with E-state index in [-0.39, 0.29) is 6.61 Å². The summed E-state index contributed by atoms with van der Waals surface area (Å²) in [6.45, 7) is 1.17. The number of hydrogen-bond donors (Lipinski definition) is 4. The Labute approximate surface area is 89.6 Å². The van der Waals surface area contributed by atoms with E-state index in [1.54, 1.807) is 0 Å². The fourth-order valence-corrected chi connectivity index (χ4v) is 1.39. The first-order chi connectivity index (χ1) is 7.05. The van der Waals surface area contributed by atoms with E-state index < -0.39 is 27.9 Å². The van der Waals surface area contributed by atoms with Gasteiger partial charge in [-0.3, -0.25) is 0 Å². The van der Waals surface area contributed by atoms with E-state index in [0.29, 0.717) is 0 Å². The fraction of sp³-hybridized carbons (Fsp3) is 0.750. The van der Waals surface area contributed by atoms with E-state index in [1.165, 1.54) is 6.92 Å². The maximum absolute atomic E-state index is 10.9.